The molecule has 1 aliphatic heterocycles. The molecule has 1 fully saturated rings. The highest BCUT2D eigenvalue weighted by molar-refractivity contribution is 7.91. The van der Waals surface area contributed by atoms with Gasteiger partial charge in [0.1, 0.15) is 17.3 Å². The van der Waals surface area contributed by atoms with E-state index in [0.29, 0.717) is 36.2 Å². The quantitative estimate of drug-likeness (QED) is 0.452. The molecule has 1 saturated heterocycles. The van der Waals surface area contributed by atoms with Crippen molar-refractivity contribution in [1.82, 2.24) is 9.78 Å². The van der Waals surface area contributed by atoms with E-state index in [0.717, 1.165) is 22.4 Å². The molecule has 1 N–H and O–H groups in total. The SMILES string of the molecule is Cc1ccc(OCC(=O)Nc2cc(-c3ccc(OCC(C)C)cc3)nn2[C@@H]2CCS(=O)(=O)C2)cc1C. The first-order valence-electron chi connectivity index (χ1n) is 12.1. The van der Waals surface area contributed by atoms with Gasteiger partial charge in [-0.2, -0.15) is 5.10 Å². The van der Waals surface area contributed by atoms with E-state index in [-0.39, 0.29) is 30.1 Å². The van der Waals surface area contributed by atoms with Crippen LogP contribution >= 0.6 is 0 Å². The predicted octanol–water partition coefficient (Wildman–Crippen LogP) is 4.58. The molecule has 0 unspecified atom stereocenters. The minimum atomic E-state index is -3.13. The van der Waals surface area contributed by atoms with Gasteiger partial charge in [-0.3, -0.25) is 4.79 Å². The van der Waals surface area contributed by atoms with Crippen molar-refractivity contribution in [3.05, 3.63) is 59.7 Å². The Balaban J connectivity index is 1.52. The summed E-state index contributed by atoms with van der Waals surface area (Å²) in [5, 5.41) is 7.54. The maximum atomic E-state index is 12.7. The lowest BCUT2D eigenvalue weighted by atomic mass is 10.1. The summed E-state index contributed by atoms with van der Waals surface area (Å²) in [4.78, 5) is 12.7. The average molecular weight is 512 g/mol. The van der Waals surface area contributed by atoms with Gasteiger partial charge in [-0.15, -0.1) is 0 Å². The van der Waals surface area contributed by atoms with E-state index in [1.165, 1.54) is 0 Å². The molecule has 8 nitrogen and oxygen atoms in total. The molecule has 4 rings (SSSR count). The Morgan fingerprint density at radius 3 is 2.42 bits per heavy atom. The summed E-state index contributed by atoms with van der Waals surface area (Å²) in [6.07, 6.45) is 0.452. The molecule has 1 amide bonds. The van der Waals surface area contributed by atoms with Crippen molar-refractivity contribution in [2.24, 2.45) is 5.92 Å². The van der Waals surface area contributed by atoms with E-state index >= 15 is 0 Å². The van der Waals surface area contributed by atoms with Gasteiger partial charge >= 0.3 is 0 Å². The number of carbonyl (C=O) groups is 1. The second kappa shape index (κ2) is 10.7. The highest BCUT2D eigenvalue weighted by Gasteiger charge is 2.32. The van der Waals surface area contributed by atoms with Gasteiger partial charge in [0, 0.05) is 11.6 Å². The van der Waals surface area contributed by atoms with Crippen LogP contribution in [-0.2, 0) is 14.6 Å². The standard InChI is InChI=1S/C27H33N3O5S/c1-18(2)15-34-23-9-6-21(7-10-23)25-14-26(30(29-25)22-11-12-36(32,33)17-22)28-27(31)16-35-24-8-5-19(3)20(4)13-24/h5-10,13-14,18,22H,11-12,15-17H2,1-4H3,(H,28,31)/t22-/m1/s1. The fourth-order valence-electron chi connectivity index (χ4n) is 3.99. The number of hydrogen-bond acceptors (Lipinski definition) is 6. The molecule has 1 aliphatic rings. The summed E-state index contributed by atoms with van der Waals surface area (Å²) in [6.45, 7) is 8.64. The molecule has 0 bridgehead atoms. The molecule has 2 aromatic carbocycles. The van der Waals surface area contributed by atoms with E-state index in [2.05, 4.69) is 24.3 Å². The van der Waals surface area contributed by atoms with Crippen LogP contribution in [0.25, 0.3) is 11.3 Å². The number of ether oxygens (including phenoxy) is 2. The third-order valence-electron chi connectivity index (χ3n) is 6.14. The molecular weight excluding hydrogens is 478 g/mol. The lowest BCUT2D eigenvalue weighted by molar-refractivity contribution is -0.118. The van der Waals surface area contributed by atoms with Crippen molar-refractivity contribution >= 4 is 21.6 Å². The second-order valence-corrected chi connectivity index (χ2v) is 12.0. The Morgan fingerprint density at radius 1 is 1.06 bits per heavy atom. The lowest BCUT2D eigenvalue weighted by Gasteiger charge is -2.14. The molecule has 3 aromatic rings. The summed E-state index contributed by atoms with van der Waals surface area (Å²) in [5.74, 6) is 2.01. The Hall–Kier alpha value is -3.33. The number of benzene rings is 2. The predicted molar refractivity (Wildman–Crippen MR) is 140 cm³/mol. The summed E-state index contributed by atoms with van der Waals surface area (Å²) >= 11 is 0. The first kappa shape index (κ1) is 25.8. The molecular formula is C27H33N3O5S. The van der Waals surface area contributed by atoms with Crippen LogP contribution in [0.1, 0.15) is 37.4 Å². The van der Waals surface area contributed by atoms with E-state index in [9.17, 15) is 13.2 Å². The molecule has 0 radical (unpaired) electrons. The monoisotopic (exact) mass is 511 g/mol. The third kappa shape index (κ3) is 6.46. The lowest BCUT2D eigenvalue weighted by Crippen LogP contribution is -2.23. The zero-order valence-corrected chi connectivity index (χ0v) is 22.0. The fraction of sp³-hybridized carbons (Fsp3) is 0.407. The van der Waals surface area contributed by atoms with Crippen LogP contribution in [-0.4, -0.2) is 48.8 Å². The van der Waals surface area contributed by atoms with Gasteiger partial charge in [-0.25, -0.2) is 13.1 Å². The molecule has 2 heterocycles. The number of nitrogens with zero attached hydrogens (tertiary/aromatic N) is 2. The minimum Gasteiger partial charge on any atom is -0.493 e. The number of aromatic nitrogens is 2. The van der Waals surface area contributed by atoms with E-state index in [1.807, 2.05) is 56.3 Å². The molecule has 1 atom stereocenters. The van der Waals surface area contributed by atoms with Crippen LogP contribution < -0.4 is 14.8 Å². The normalized spacial score (nSPS) is 16.8. The largest absolute Gasteiger partial charge is 0.493 e. The van der Waals surface area contributed by atoms with Crippen molar-refractivity contribution in [3.63, 3.8) is 0 Å². The summed E-state index contributed by atoms with van der Waals surface area (Å²) in [7, 11) is -3.13. The molecule has 1 aromatic heterocycles. The summed E-state index contributed by atoms with van der Waals surface area (Å²) < 4.78 is 37.3. The van der Waals surface area contributed by atoms with Gasteiger partial charge in [0.15, 0.2) is 16.4 Å². The number of hydrogen-bond donors (Lipinski definition) is 1. The third-order valence-corrected chi connectivity index (χ3v) is 7.89. The first-order valence-corrected chi connectivity index (χ1v) is 13.9. The number of anilines is 1. The van der Waals surface area contributed by atoms with Crippen LogP contribution in [0.15, 0.2) is 48.5 Å². The Labute approximate surface area is 212 Å². The molecule has 9 heteroatoms. The Morgan fingerprint density at radius 2 is 1.78 bits per heavy atom. The van der Waals surface area contributed by atoms with Crippen molar-refractivity contribution in [1.29, 1.82) is 0 Å². The van der Waals surface area contributed by atoms with Crippen LogP contribution in [0, 0.1) is 19.8 Å². The number of amides is 1. The zero-order valence-electron chi connectivity index (χ0n) is 21.2. The van der Waals surface area contributed by atoms with Gasteiger partial charge in [0.2, 0.25) is 0 Å². The van der Waals surface area contributed by atoms with Crippen molar-refractivity contribution in [3.8, 4) is 22.8 Å². The molecule has 0 aliphatic carbocycles. The highest BCUT2D eigenvalue weighted by Crippen LogP contribution is 2.31. The van der Waals surface area contributed by atoms with E-state index in [4.69, 9.17) is 9.47 Å². The van der Waals surface area contributed by atoms with Gasteiger partial charge in [0.05, 0.1) is 29.8 Å². The smallest absolute Gasteiger partial charge is 0.263 e. The average Bonchev–Trinajstić information content (AvgIpc) is 3.41. The van der Waals surface area contributed by atoms with E-state index in [1.54, 1.807) is 10.7 Å². The van der Waals surface area contributed by atoms with Crippen LogP contribution in [0.5, 0.6) is 11.5 Å². The minimum absolute atomic E-state index is 0.00187. The number of aryl methyl sites for hydroxylation is 2. The number of carbonyl (C=O) groups excluding carboxylic acids is 1. The van der Waals surface area contributed by atoms with Gasteiger partial charge in [0.25, 0.3) is 5.91 Å². The molecule has 0 spiro atoms. The maximum Gasteiger partial charge on any atom is 0.263 e. The highest BCUT2D eigenvalue weighted by atomic mass is 32.2. The second-order valence-electron chi connectivity index (χ2n) is 9.73. The van der Waals surface area contributed by atoms with Crippen molar-refractivity contribution < 1.29 is 22.7 Å². The molecule has 192 valence electrons. The first-order chi connectivity index (χ1) is 17.1. The Kier molecular flexibility index (Phi) is 7.68. The van der Waals surface area contributed by atoms with Crippen LogP contribution in [0.2, 0.25) is 0 Å². The fourth-order valence-corrected chi connectivity index (χ4v) is 5.68. The van der Waals surface area contributed by atoms with Crippen LogP contribution in [0.4, 0.5) is 5.82 Å². The van der Waals surface area contributed by atoms with Gasteiger partial charge in [-0.05, 0) is 73.7 Å². The summed E-state index contributed by atoms with van der Waals surface area (Å²) in [5.41, 5.74) is 3.71. The number of rotatable bonds is 9. The van der Waals surface area contributed by atoms with E-state index < -0.39 is 9.84 Å². The Bertz CT molecular complexity index is 1330. The van der Waals surface area contributed by atoms with Crippen LogP contribution in [0.3, 0.4) is 0 Å². The van der Waals surface area contributed by atoms with Gasteiger partial charge < -0.3 is 14.8 Å². The molecule has 36 heavy (non-hydrogen) atoms. The zero-order chi connectivity index (χ0) is 25.9. The van der Waals surface area contributed by atoms with Gasteiger partial charge in [-0.1, -0.05) is 19.9 Å². The van der Waals surface area contributed by atoms with Crippen molar-refractivity contribution in [2.75, 3.05) is 30.0 Å². The van der Waals surface area contributed by atoms with Crippen molar-refractivity contribution in [2.45, 2.75) is 40.2 Å². The topological polar surface area (TPSA) is 99.5 Å². The maximum absolute atomic E-state index is 12.7. The molecule has 0 saturated carbocycles. The number of nitrogens with one attached hydrogen (secondary N) is 1. The summed E-state index contributed by atoms with van der Waals surface area (Å²) in [6, 6.07) is 14.7. The number of sulfone groups is 1.